The molecule has 0 radical (unpaired) electrons. The highest BCUT2D eigenvalue weighted by Crippen LogP contribution is 2.26. The first kappa shape index (κ1) is 16.5. The predicted octanol–water partition coefficient (Wildman–Crippen LogP) is 1.88. The quantitative estimate of drug-likeness (QED) is 0.672. The van der Waals surface area contributed by atoms with Crippen LogP contribution in [0.3, 0.4) is 0 Å². The minimum atomic E-state index is -0.737. The minimum Gasteiger partial charge on any atom is -0.497 e. The third-order valence-electron chi connectivity index (χ3n) is 3.55. The number of nitrogens with one attached hydrogen (secondary N) is 1. The zero-order chi connectivity index (χ0) is 17.1. The van der Waals surface area contributed by atoms with E-state index in [-0.39, 0.29) is 0 Å². The van der Waals surface area contributed by atoms with Gasteiger partial charge in [0.05, 0.1) is 25.5 Å². The molecule has 7 heteroatoms. The third-order valence-corrected chi connectivity index (χ3v) is 3.55. The summed E-state index contributed by atoms with van der Waals surface area (Å²) in [6.45, 7) is 3.44. The van der Waals surface area contributed by atoms with Gasteiger partial charge in [-0.1, -0.05) is 0 Å². The Morgan fingerprint density at radius 2 is 1.65 bits per heavy atom. The van der Waals surface area contributed by atoms with Gasteiger partial charge >= 0.3 is 0 Å². The van der Waals surface area contributed by atoms with Crippen LogP contribution in [0.1, 0.15) is 21.7 Å². The first-order chi connectivity index (χ1) is 10.9. The summed E-state index contributed by atoms with van der Waals surface area (Å²) < 4.78 is 11.8. The second kappa shape index (κ2) is 6.51. The van der Waals surface area contributed by atoms with Crippen LogP contribution in [0.4, 0.5) is 5.69 Å². The van der Waals surface area contributed by atoms with Gasteiger partial charge in [0.1, 0.15) is 11.5 Å². The van der Waals surface area contributed by atoms with Gasteiger partial charge in [-0.3, -0.25) is 14.3 Å². The van der Waals surface area contributed by atoms with Gasteiger partial charge in [-0.2, -0.15) is 5.10 Å². The van der Waals surface area contributed by atoms with Crippen LogP contribution in [-0.2, 0) is 11.8 Å². The van der Waals surface area contributed by atoms with Crippen molar-refractivity contribution in [2.45, 2.75) is 13.8 Å². The number of methoxy groups -OCH3 is 2. The average Bonchev–Trinajstić information content (AvgIpc) is 2.78. The number of aryl methyl sites for hydroxylation is 2. The van der Waals surface area contributed by atoms with E-state index in [2.05, 4.69) is 10.4 Å². The van der Waals surface area contributed by atoms with Crippen molar-refractivity contribution >= 4 is 17.4 Å². The number of benzene rings is 1. The molecular formula is C16H19N3O4. The first-order valence-corrected chi connectivity index (χ1v) is 6.96. The van der Waals surface area contributed by atoms with Gasteiger partial charge in [-0.15, -0.1) is 0 Å². The molecule has 0 bridgehead atoms. The summed E-state index contributed by atoms with van der Waals surface area (Å²) in [5.74, 6) is -0.337. The summed E-state index contributed by atoms with van der Waals surface area (Å²) in [5.41, 5.74) is 1.90. The number of hydrogen-bond acceptors (Lipinski definition) is 5. The Hall–Kier alpha value is -2.83. The normalized spacial score (nSPS) is 10.3. The van der Waals surface area contributed by atoms with Crippen LogP contribution in [0.15, 0.2) is 18.2 Å². The maximum absolute atomic E-state index is 12.4. The molecular weight excluding hydrogens is 298 g/mol. The van der Waals surface area contributed by atoms with E-state index in [1.165, 1.54) is 14.2 Å². The van der Waals surface area contributed by atoms with Gasteiger partial charge in [0.15, 0.2) is 0 Å². The number of carbonyl (C=O) groups is 2. The second-order valence-electron chi connectivity index (χ2n) is 5.05. The molecule has 0 aliphatic rings. The van der Waals surface area contributed by atoms with Crippen LogP contribution in [0, 0.1) is 13.8 Å². The van der Waals surface area contributed by atoms with Gasteiger partial charge in [0.25, 0.3) is 11.7 Å². The van der Waals surface area contributed by atoms with Crippen molar-refractivity contribution in [1.82, 2.24) is 9.78 Å². The molecule has 0 saturated carbocycles. The summed E-state index contributed by atoms with van der Waals surface area (Å²) in [5, 5.41) is 6.72. The van der Waals surface area contributed by atoms with E-state index in [9.17, 15) is 9.59 Å². The zero-order valence-electron chi connectivity index (χ0n) is 13.8. The van der Waals surface area contributed by atoms with Crippen molar-refractivity contribution < 1.29 is 19.1 Å². The monoisotopic (exact) mass is 317 g/mol. The van der Waals surface area contributed by atoms with Crippen LogP contribution in [0.5, 0.6) is 11.5 Å². The van der Waals surface area contributed by atoms with E-state index >= 15 is 0 Å². The lowest BCUT2D eigenvalue weighted by atomic mass is 10.1. The predicted molar refractivity (Wildman–Crippen MR) is 85.2 cm³/mol. The van der Waals surface area contributed by atoms with Crippen LogP contribution in [0.25, 0.3) is 0 Å². The van der Waals surface area contributed by atoms with Crippen molar-refractivity contribution in [3.63, 3.8) is 0 Å². The zero-order valence-corrected chi connectivity index (χ0v) is 13.8. The van der Waals surface area contributed by atoms with Gasteiger partial charge < -0.3 is 14.8 Å². The highest BCUT2D eigenvalue weighted by Gasteiger charge is 2.24. The second-order valence-corrected chi connectivity index (χ2v) is 5.05. The van der Waals surface area contributed by atoms with Crippen LogP contribution < -0.4 is 14.8 Å². The smallest absolute Gasteiger partial charge is 0.296 e. The number of aromatic nitrogens is 2. The molecule has 0 aliphatic carbocycles. The Bertz CT molecular complexity index is 743. The fourth-order valence-corrected chi connectivity index (χ4v) is 2.28. The molecule has 23 heavy (non-hydrogen) atoms. The van der Waals surface area contributed by atoms with E-state index < -0.39 is 11.7 Å². The third kappa shape index (κ3) is 3.33. The van der Waals surface area contributed by atoms with E-state index in [0.29, 0.717) is 34.1 Å². The van der Waals surface area contributed by atoms with Gasteiger partial charge in [-0.25, -0.2) is 0 Å². The lowest BCUT2D eigenvalue weighted by Gasteiger charge is -2.09. The first-order valence-electron chi connectivity index (χ1n) is 6.96. The number of rotatable bonds is 5. The molecule has 0 saturated heterocycles. The number of carbonyl (C=O) groups excluding carboxylic acids is 2. The maximum Gasteiger partial charge on any atom is 0.296 e. The number of ether oxygens (including phenoxy) is 2. The summed E-state index contributed by atoms with van der Waals surface area (Å²) in [4.78, 5) is 24.6. The Balaban J connectivity index is 2.26. The molecule has 0 atom stereocenters. The van der Waals surface area contributed by atoms with E-state index in [0.717, 1.165) is 0 Å². The van der Waals surface area contributed by atoms with Crippen LogP contribution >= 0.6 is 0 Å². The summed E-state index contributed by atoms with van der Waals surface area (Å²) in [6, 6.07) is 4.89. The summed E-state index contributed by atoms with van der Waals surface area (Å²) in [6.07, 6.45) is 0. The van der Waals surface area contributed by atoms with Crippen LogP contribution in [0.2, 0.25) is 0 Å². The number of anilines is 1. The maximum atomic E-state index is 12.4. The van der Waals surface area contributed by atoms with Gasteiger partial charge in [-0.05, 0) is 13.8 Å². The molecule has 1 heterocycles. The van der Waals surface area contributed by atoms with Crippen LogP contribution in [-0.4, -0.2) is 35.7 Å². The molecule has 2 aromatic rings. The number of ketones is 1. The summed E-state index contributed by atoms with van der Waals surface area (Å²) >= 11 is 0. The van der Waals surface area contributed by atoms with E-state index in [1.54, 1.807) is 43.8 Å². The molecule has 1 N–H and O–H groups in total. The topological polar surface area (TPSA) is 82.5 Å². The lowest BCUT2D eigenvalue weighted by molar-refractivity contribution is -0.112. The lowest BCUT2D eigenvalue weighted by Crippen LogP contribution is -2.24. The van der Waals surface area contributed by atoms with E-state index in [4.69, 9.17) is 9.47 Å². The van der Waals surface area contributed by atoms with Crippen molar-refractivity contribution in [2.75, 3.05) is 19.5 Å². The van der Waals surface area contributed by atoms with Crippen molar-refractivity contribution in [1.29, 1.82) is 0 Å². The standard InChI is InChI=1S/C16H19N3O4/c1-9-14(10(2)19(3)18-9)15(20)16(21)17-11-6-12(22-4)8-13(7-11)23-5/h6-8H,1-5H3,(H,17,21). The molecule has 0 spiro atoms. The average molecular weight is 317 g/mol. The fraction of sp³-hybridized carbons (Fsp3) is 0.312. The van der Waals surface area contributed by atoms with Crippen molar-refractivity contribution in [3.8, 4) is 11.5 Å². The molecule has 7 nitrogen and oxygen atoms in total. The number of nitrogens with zero attached hydrogens (tertiary/aromatic N) is 2. The molecule has 0 unspecified atom stereocenters. The summed E-state index contributed by atoms with van der Waals surface area (Å²) in [7, 11) is 4.74. The highest BCUT2D eigenvalue weighted by molar-refractivity contribution is 6.47. The Morgan fingerprint density at radius 1 is 1.09 bits per heavy atom. The number of Topliss-reactive ketones (excluding diaryl/α,β-unsaturated/α-hetero) is 1. The van der Waals surface area contributed by atoms with E-state index in [1.807, 2.05) is 0 Å². The fourth-order valence-electron chi connectivity index (χ4n) is 2.28. The molecule has 2 rings (SSSR count). The minimum absolute atomic E-state index is 0.319. The molecule has 1 amide bonds. The highest BCUT2D eigenvalue weighted by atomic mass is 16.5. The van der Waals surface area contributed by atoms with Crippen molar-refractivity contribution in [2.24, 2.45) is 7.05 Å². The number of hydrogen-bond donors (Lipinski definition) is 1. The number of amides is 1. The molecule has 0 fully saturated rings. The van der Waals surface area contributed by atoms with Gasteiger partial charge in [0.2, 0.25) is 0 Å². The largest absolute Gasteiger partial charge is 0.497 e. The molecule has 0 aliphatic heterocycles. The Kier molecular flexibility index (Phi) is 4.68. The van der Waals surface area contributed by atoms with Gasteiger partial charge in [0, 0.05) is 36.6 Å². The SMILES string of the molecule is COc1cc(NC(=O)C(=O)c2c(C)nn(C)c2C)cc(OC)c1. The molecule has 1 aromatic carbocycles. The molecule has 1 aromatic heterocycles. The molecule has 122 valence electrons. The van der Waals surface area contributed by atoms with Crippen molar-refractivity contribution in [3.05, 3.63) is 35.2 Å². The Morgan fingerprint density at radius 3 is 2.09 bits per heavy atom. The Labute approximate surface area is 134 Å².